The van der Waals surface area contributed by atoms with Gasteiger partial charge in [0.05, 0.1) is 5.69 Å². The van der Waals surface area contributed by atoms with Gasteiger partial charge in [-0.15, -0.1) is 11.3 Å². The number of hydrogen-bond acceptors (Lipinski definition) is 8. The molecule has 0 radical (unpaired) electrons. The van der Waals surface area contributed by atoms with Gasteiger partial charge in [0, 0.05) is 43.8 Å². The van der Waals surface area contributed by atoms with Crippen molar-refractivity contribution in [2.75, 3.05) is 43.4 Å². The Morgan fingerprint density at radius 2 is 1.88 bits per heavy atom. The Morgan fingerprint density at radius 1 is 1.04 bits per heavy atom. The Balaban J connectivity index is 1.52. The maximum absolute atomic E-state index is 4.62. The molecule has 0 spiro atoms. The molecule has 134 valence electrons. The molecule has 0 unspecified atom stereocenters. The van der Waals surface area contributed by atoms with Gasteiger partial charge < -0.3 is 15.1 Å². The third kappa shape index (κ3) is 3.81. The third-order valence-corrected chi connectivity index (χ3v) is 5.08. The summed E-state index contributed by atoms with van der Waals surface area (Å²) in [4.78, 5) is 22.7. The summed E-state index contributed by atoms with van der Waals surface area (Å²) in [5, 5.41) is 6.11. The van der Waals surface area contributed by atoms with E-state index >= 15 is 0 Å². The quantitative estimate of drug-likeness (QED) is 0.760. The highest BCUT2D eigenvalue weighted by Gasteiger charge is 2.17. The normalized spacial score (nSPS) is 15.2. The third-order valence-electron chi connectivity index (χ3n) is 4.32. The van der Waals surface area contributed by atoms with E-state index in [1.54, 1.807) is 17.5 Å². The van der Waals surface area contributed by atoms with Crippen LogP contribution in [0.1, 0.15) is 5.82 Å². The fourth-order valence-corrected chi connectivity index (χ4v) is 3.60. The number of nitrogens with one attached hydrogen (secondary N) is 1. The maximum atomic E-state index is 4.62. The predicted octanol–water partition coefficient (Wildman–Crippen LogP) is 2.80. The number of hydrogen-bond donors (Lipinski definition) is 1. The van der Waals surface area contributed by atoms with Crippen LogP contribution in [0, 0.1) is 6.92 Å². The zero-order valence-electron chi connectivity index (χ0n) is 14.9. The van der Waals surface area contributed by atoms with Crippen molar-refractivity contribution in [2.24, 2.45) is 0 Å². The number of rotatable bonds is 4. The standard InChI is InChI=1S/C18H21N7S/c1-13-20-16(11-17(21-13)25-9-7-24(2)8-10-25)23-18-22-15(12-26-18)14-5-3-4-6-19-14/h3-6,11-12H,7-10H2,1-2H3,(H,20,21,22,23). The molecule has 3 aromatic heterocycles. The molecule has 0 saturated carbocycles. The molecule has 7 nitrogen and oxygen atoms in total. The highest BCUT2D eigenvalue weighted by atomic mass is 32.1. The molecule has 0 aromatic carbocycles. The van der Waals surface area contributed by atoms with Gasteiger partial charge in [-0.2, -0.15) is 0 Å². The van der Waals surface area contributed by atoms with Crippen molar-refractivity contribution in [3.05, 3.63) is 41.7 Å². The van der Waals surface area contributed by atoms with Crippen LogP contribution in [0.5, 0.6) is 0 Å². The molecular formula is C18H21N7S. The fourth-order valence-electron chi connectivity index (χ4n) is 2.89. The van der Waals surface area contributed by atoms with E-state index in [9.17, 15) is 0 Å². The van der Waals surface area contributed by atoms with E-state index in [2.05, 4.69) is 42.1 Å². The molecule has 3 aromatic rings. The van der Waals surface area contributed by atoms with Gasteiger partial charge in [0.15, 0.2) is 5.13 Å². The Labute approximate surface area is 156 Å². The molecule has 0 aliphatic carbocycles. The summed E-state index contributed by atoms with van der Waals surface area (Å²) >= 11 is 1.54. The molecule has 0 bridgehead atoms. The fraction of sp³-hybridized carbons (Fsp3) is 0.333. The van der Waals surface area contributed by atoms with Crippen LogP contribution in [0.3, 0.4) is 0 Å². The van der Waals surface area contributed by atoms with Gasteiger partial charge in [-0.3, -0.25) is 4.98 Å². The number of aromatic nitrogens is 4. The van der Waals surface area contributed by atoms with Gasteiger partial charge in [0.2, 0.25) is 0 Å². The molecule has 0 amide bonds. The monoisotopic (exact) mass is 367 g/mol. The van der Waals surface area contributed by atoms with Crippen LogP contribution in [0.15, 0.2) is 35.8 Å². The van der Waals surface area contributed by atoms with Crippen molar-refractivity contribution < 1.29 is 0 Å². The van der Waals surface area contributed by atoms with Gasteiger partial charge >= 0.3 is 0 Å². The maximum Gasteiger partial charge on any atom is 0.188 e. The smallest absolute Gasteiger partial charge is 0.188 e. The molecule has 26 heavy (non-hydrogen) atoms. The zero-order chi connectivity index (χ0) is 17.9. The molecule has 1 aliphatic heterocycles. The predicted molar refractivity (Wildman–Crippen MR) is 105 cm³/mol. The second kappa shape index (κ2) is 7.35. The van der Waals surface area contributed by atoms with Crippen LogP contribution in [0.2, 0.25) is 0 Å². The molecule has 1 aliphatic rings. The molecule has 0 atom stereocenters. The summed E-state index contributed by atoms with van der Waals surface area (Å²) in [7, 11) is 2.15. The summed E-state index contributed by atoms with van der Waals surface area (Å²) in [6.45, 7) is 5.98. The Hall–Kier alpha value is -2.58. The van der Waals surface area contributed by atoms with E-state index in [1.807, 2.05) is 36.6 Å². The Kier molecular flexibility index (Phi) is 4.77. The van der Waals surface area contributed by atoms with Crippen LogP contribution >= 0.6 is 11.3 Å². The van der Waals surface area contributed by atoms with E-state index in [4.69, 9.17) is 0 Å². The first-order valence-electron chi connectivity index (χ1n) is 8.60. The van der Waals surface area contributed by atoms with Crippen LogP contribution in [0.4, 0.5) is 16.8 Å². The first-order chi connectivity index (χ1) is 12.7. The minimum absolute atomic E-state index is 0.755. The summed E-state index contributed by atoms with van der Waals surface area (Å²) in [6.07, 6.45) is 1.78. The minimum atomic E-state index is 0.755. The van der Waals surface area contributed by atoms with Crippen molar-refractivity contribution >= 4 is 28.1 Å². The van der Waals surface area contributed by atoms with Crippen molar-refractivity contribution in [1.82, 2.24) is 24.8 Å². The first kappa shape index (κ1) is 16.9. The summed E-state index contributed by atoms with van der Waals surface area (Å²) in [5.74, 6) is 2.49. The van der Waals surface area contributed by atoms with Gasteiger partial charge in [-0.25, -0.2) is 15.0 Å². The number of likely N-dealkylation sites (N-methyl/N-ethyl adjacent to an activating group) is 1. The number of piperazine rings is 1. The Bertz CT molecular complexity index is 872. The number of pyridine rings is 1. The molecule has 8 heteroatoms. The lowest BCUT2D eigenvalue weighted by Crippen LogP contribution is -2.44. The minimum Gasteiger partial charge on any atom is -0.354 e. The van der Waals surface area contributed by atoms with Gasteiger partial charge in [-0.05, 0) is 26.1 Å². The average molecular weight is 367 g/mol. The van der Waals surface area contributed by atoms with E-state index in [0.717, 1.165) is 60.2 Å². The summed E-state index contributed by atoms with van der Waals surface area (Å²) < 4.78 is 0. The second-order valence-corrected chi connectivity index (χ2v) is 7.18. The number of aryl methyl sites for hydroxylation is 1. The molecule has 1 fully saturated rings. The van der Waals surface area contributed by atoms with E-state index < -0.39 is 0 Å². The molecule has 4 rings (SSSR count). The Morgan fingerprint density at radius 3 is 2.65 bits per heavy atom. The SMILES string of the molecule is Cc1nc(Nc2nc(-c3ccccn3)cs2)cc(N2CCN(C)CC2)n1. The summed E-state index contributed by atoms with van der Waals surface area (Å²) in [5.41, 5.74) is 1.73. The topological polar surface area (TPSA) is 70.1 Å². The van der Waals surface area contributed by atoms with E-state index in [-0.39, 0.29) is 0 Å². The van der Waals surface area contributed by atoms with Gasteiger partial charge in [0.25, 0.3) is 0 Å². The number of thiazole rings is 1. The number of anilines is 3. The highest BCUT2D eigenvalue weighted by molar-refractivity contribution is 7.14. The van der Waals surface area contributed by atoms with Crippen molar-refractivity contribution in [3.63, 3.8) is 0 Å². The van der Waals surface area contributed by atoms with Crippen LogP contribution in [-0.2, 0) is 0 Å². The highest BCUT2D eigenvalue weighted by Crippen LogP contribution is 2.26. The van der Waals surface area contributed by atoms with Crippen molar-refractivity contribution in [1.29, 1.82) is 0 Å². The largest absolute Gasteiger partial charge is 0.354 e. The lowest BCUT2D eigenvalue weighted by atomic mass is 10.3. The molecule has 4 heterocycles. The molecular weight excluding hydrogens is 346 g/mol. The van der Waals surface area contributed by atoms with Crippen LogP contribution in [-0.4, -0.2) is 58.1 Å². The van der Waals surface area contributed by atoms with Gasteiger partial charge in [0.1, 0.15) is 23.2 Å². The summed E-state index contributed by atoms with van der Waals surface area (Å²) in [6, 6.07) is 7.82. The zero-order valence-corrected chi connectivity index (χ0v) is 15.7. The van der Waals surface area contributed by atoms with Crippen molar-refractivity contribution in [2.45, 2.75) is 6.92 Å². The van der Waals surface area contributed by atoms with Crippen LogP contribution in [0.25, 0.3) is 11.4 Å². The average Bonchev–Trinajstić information content (AvgIpc) is 3.11. The van der Waals surface area contributed by atoms with Gasteiger partial charge in [-0.1, -0.05) is 6.07 Å². The lowest BCUT2D eigenvalue weighted by Gasteiger charge is -2.33. The van der Waals surface area contributed by atoms with Crippen molar-refractivity contribution in [3.8, 4) is 11.4 Å². The lowest BCUT2D eigenvalue weighted by molar-refractivity contribution is 0.312. The molecule has 1 saturated heterocycles. The van der Waals surface area contributed by atoms with Crippen LogP contribution < -0.4 is 10.2 Å². The first-order valence-corrected chi connectivity index (χ1v) is 9.48. The second-order valence-electron chi connectivity index (χ2n) is 6.33. The molecule has 1 N–H and O–H groups in total. The number of nitrogens with zero attached hydrogens (tertiary/aromatic N) is 6. The van der Waals surface area contributed by atoms with E-state index in [0.29, 0.717) is 0 Å². The van der Waals surface area contributed by atoms with E-state index in [1.165, 1.54) is 0 Å².